The third-order valence-electron chi connectivity index (χ3n) is 6.65. The van der Waals surface area contributed by atoms with Gasteiger partial charge in [-0.3, -0.25) is 4.79 Å². The smallest absolute Gasteiger partial charge is 0.235 e. The van der Waals surface area contributed by atoms with Crippen LogP contribution in [-0.4, -0.2) is 58.7 Å². The second-order valence-corrected chi connectivity index (χ2v) is 11.9. The zero-order valence-corrected chi connectivity index (χ0v) is 21.8. The van der Waals surface area contributed by atoms with E-state index in [1.165, 1.54) is 5.56 Å². The molecule has 8 nitrogen and oxygen atoms in total. The molecule has 0 radical (unpaired) electrons. The molecule has 1 heterocycles. The zero-order chi connectivity index (χ0) is 26.6. The van der Waals surface area contributed by atoms with Crippen molar-refractivity contribution in [2.24, 2.45) is 0 Å². The lowest BCUT2D eigenvalue weighted by Gasteiger charge is -2.36. The van der Waals surface area contributed by atoms with Crippen molar-refractivity contribution in [1.82, 2.24) is 14.9 Å². The van der Waals surface area contributed by atoms with Crippen LogP contribution >= 0.6 is 0 Å². The number of benzene rings is 2. The summed E-state index contributed by atoms with van der Waals surface area (Å²) in [5.74, 6) is -0.0303. The van der Waals surface area contributed by atoms with Crippen LogP contribution in [0.15, 0.2) is 67.0 Å². The van der Waals surface area contributed by atoms with Gasteiger partial charge in [-0.2, -0.15) is 0 Å². The Morgan fingerprint density at radius 3 is 2.32 bits per heavy atom. The molecule has 9 heteroatoms. The number of aromatic nitrogens is 2. The lowest BCUT2D eigenvalue weighted by molar-refractivity contribution is -0.119. The number of hydrogen-bond acceptors (Lipinski definition) is 6. The van der Waals surface area contributed by atoms with E-state index >= 15 is 0 Å². The predicted molar refractivity (Wildman–Crippen MR) is 144 cm³/mol. The van der Waals surface area contributed by atoms with Crippen LogP contribution in [0.5, 0.6) is 0 Å². The number of nitrogens with one attached hydrogen (secondary N) is 1. The van der Waals surface area contributed by atoms with Gasteiger partial charge in [-0.05, 0) is 47.9 Å². The molecule has 3 aromatic rings. The number of imidazole rings is 1. The van der Waals surface area contributed by atoms with Crippen molar-refractivity contribution in [1.29, 1.82) is 0 Å². The number of sulfone groups is 1. The summed E-state index contributed by atoms with van der Waals surface area (Å²) in [6.07, 6.45) is 9.16. The molecule has 0 saturated heterocycles. The number of nitrogens with zero attached hydrogens (tertiary/aromatic N) is 2. The van der Waals surface area contributed by atoms with Crippen molar-refractivity contribution in [3.63, 3.8) is 0 Å². The molecular weight excluding hydrogens is 490 g/mol. The lowest BCUT2D eigenvalue weighted by atomic mass is 9.75. The third kappa shape index (κ3) is 6.94. The summed E-state index contributed by atoms with van der Waals surface area (Å²) in [6, 6.07) is 16.3. The molecule has 0 unspecified atom stereocenters. The van der Waals surface area contributed by atoms with E-state index in [2.05, 4.69) is 46.7 Å². The largest absolute Gasteiger partial charge is 0.394 e. The molecule has 1 aromatic heterocycles. The number of amides is 1. The number of hydrogen-bond donors (Lipinski definition) is 3. The van der Waals surface area contributed by atoms with E-state index in [1.54, 1.807) is 23.9 Å². The summed E-state index contributed by atoms with van der Waals surface area (Å²) in [4.78, 5) is 16.0. The van der Waals surface area contributed by atoms with Gasteiger partial charge in [-0.1, -0.05) is 60.7 Å². The quantitative estimate of drug-likeness (QED) is 0.375. The Morgan fingerprint density at radius 1 is 1.14 bits per heavy atom. The molecule has 1 aliphatic rings. The molecule has 196 valence electrons. The fourth-order valence-corrected chi connectivity index (χ4v) is 5.20. The van der Waals surface area contributed by atoms with Crippen molar-refractivity contribution in [3.05, 3.63) is 84.0 Å². The van der Waals surface area contributed by atoms with Crippen molar-refractivity contribution >= 4 is 21.8 Å². The summed E-state index contributed by atoms with van der Waals surface area (Å²) in [5.41, 5.74) is 4.40. The number of aliphatic hydroxyl groups is 2. The van der Waals surface area contributed by atoms with Gasteiger partial charge in [-0.15, -0.1) is 0 Å². The Labute approximate surface area is 217 Å². The van der Waals surface area contributed by atoms with Crippen molar-refractivity contribution < 1.29 is 23.4 Å². The highest BCUT2D eigenvalue weighted by atomic mass is 32.2. The van der Waals surface area contributed by atoms with Gasteiger partial charge >= 0.3 is 0 Å². The fourth-order valence-electron chi connectivity index (χ4n) is 4.64. The first-order valence-electron chi connectivity index (χ1n) is 12.3. The maximum atomic E-state index is 11.8. The van der Waals surface area contributed by atoms with Crippen LogP contribution in [0.25, 0.3) is 17.2 Å². The van der Waals surface area contributed by atoms with Gasteiger partial charge in [0.2, 0.25) is 5.91 Å². The Hall–Kier alpha value is -3.27. The van der Waals surface area contributed by atoms with E-state index in [0.717, 1.165) is 35.8 Å². The van der Waals surface area contributed by atoms with Gasteiger partial charge in [0.15, 0.2) is 9.84 Å². The van der Waals surface area contributed by atoms with Gasteiger partial charge in [-0.25, -0.2) is 13.4 Å². The monoisotopic (exact) mass is 523 g/mol. The van der Waals surface area contributed by atoms with Crippen LogP contribution in [-0.2, 0) is 14.6 Å². The average molecular weight is 524 g/mol. The minimum Gasteiger partial charge on any atom is -0.394 e. The van der Waals surface area contributed by atoms with Gasteiger partial charge in [0.05, 0.1) is 12.6 Å². The summed E-state index contributed by atoms with van der Waals surface area (Å²) in [6.45, 7) is 1.54. The van der Waals surface area contributed by atoms with Gasteiger partial charge in [0.1, 0.15) is 17.7 Å². The van der Waals surface area contributed by atoms with Crippen LogP contribution in [0.4, 0.5) is 0 Å². The van der Waals surface area contributed by atoms with Crippen molar-refractivity contribution in [2.75, 3.05) is 18.6 Å². The van der Waals surface area contributed by atoms with E-state index in [-0.39, 0.29) is 18.7 Å². The fraction of sp³-hybridized carbons (Fsp3) is 0.357. The Morgan fingerprint density at radius 2 is 1.76 bits per heavy atom. The second-order valence-electron chi connectivity index (χ2n) is 9.72. The minimum absolute atomic E-state index is 0.0253. The molecule has 2 aromatic carbocycles. The standard InChI is InChI=1S/C28H33N3O5S/c1-19(33)28-29-13-14-31(28)26(17-32)12-5-20-3-6-21(7-4-20)22-8-10-23(11-9-22)24-15-25(16-24)30-27(34)18-37(2,35)36/h3-14,19,24-26,32-33H,15-18H2,1-2H3,(H,30,34)/b12-5+/t19-,24-,25-,26-/m0/s1. The van der Waals surface area contributed by atoms with Crippen LogP contribution in [0.2, 0.25) is 0 Å². The maximum Gasteiger partial charge on any atom is 0.235 e. The van der Waals surface area contributed by atoms with Crippen molar-refractivity contribution in [3.8, 4) is 11.1 Å². The molecular formula is C28H33N3O5S. The van der Waals surface area contributed by atoms with Crippen LogP contribution in [0, 0.1) is 0 Å². The highest BCUT2D eigenvalue weighted by molar-refractivity contribution is 7.91. The Balaban J connectivity index is 1.33. The molecule has 0 aliphatic heterocycles. The average Bonchev–Trinajstić information content (AvgIpc) is 3.31. The van der Waals surface area contributed by atoms with E-state index in [1.807, 2.05) is 24.3 Å². The molecule has 1 saturated carbocycles. The second kappa shape index (κ2) is 11.4. The highest BCUT2D eigenvalue weighted by Crippen LogP contribution is 2.37. The predicted octanol–water partition coefficient (Wildman–Crippen LogP) is 3.26. The zero-order valence-electron chi connectivity index (χ0n) is 21.0. The number of carbonyl (C=O) groups is 1. The molecule has 1 aliphatic carbocycles. The molecule has 2 atom stereocenters. The summed E-state index contributed by atoms with van der Waals surface area (Å²) >= 11 is 0. The SMILES string of the molecule is C[C@H](O)c1nccn1[C@@H](/C=C/c1ccc(-c2ccc([C@H]3C[C@H](NC(=O)CS(C)(=O)=O)C3)cc2)cc1)CO. The van der Waals surface area contributed by atoms with Gasteiger partial charge < -0.3 is 20.1 Å². The van der Waals surface area contributed by atoms with Gasteiger partial charge in [0.25, 0.3) is 0 Å². The van der Waals surface area contributed by atoms with E-state index in [4.69, 9.17) is 0 Å². The summed E-state index contributed by atoms with van der Waals surface area (Å²) in [7, 11) is -3.31. The van der Waals surface area contributed by atoms with Crippen LogP contribution < -0.4 is 5.32 Å². The molecule has 0 spiro atoms. The van der Waals surface area contributed by atoms with E-state index < -0.39 is 27.6 Å². The lowest BCUT2D eigenvalue weighted by Crippen LogP contribution is -2.45. The first-order chi connectivity index (χ1) is 17.6. The maximum absolute atomic E-state index is 11.8. The third-order valence-corrected chi connectivity index (χ3v) is 7.44. The topological polar surface area (TPSA) is 122 Å². The van der Waals surface area contributed by atoms with E-state index in [9.17, 15) is 23.4 Å². The normalized spacial score (nSPS) is 19.4. The first kappa shape index (κ1) is 26.8. The number of aliphatic hydroxyl groups excluding tert-OH is 2. The molecule has 37 heavy (non-hydrogen) atoms. The number of carbonyl (C=O) groups excluding carboxylic acids is 1. The molecule has 0 bridgehead atoms. The first-order valence-corrected chi connectivity index (χ1v) is 14.4. The van der Waals surface area contributed by atoms with Crippen LogP contribution in [0.3, 0.4) is 0 Å². The molecule has 1 amide bonds. The summed E-state index contributed by atoms with van der Waals surface area (Å²) in [5, 5.41) is 22.5. The minimum atomic E-state index is -3.31. The molecule has 1 fully saturated rings. The highest BCUT2D eigenvalue weighted by Gasteiger charge is 2.31. The summed E-state index contributed by atoms with van der Waals surface area (Å²) < 4.78 is 24.3. The Bertz CT molecular complexity index is 1340. The molecule has 4 rings (SSSR count). The van der Waals surface area contributed by atoms with Crippen molar-refractivity contribution in [2.45, 2.75) is 43.9 Å². The Kier molecular flexibility index (Phi) is 8.26. The number of rotatable bonds is 10. The molecule has 3 N–H and O–H groups in total. The van der Waals surface area contributed by atoms with Gasteiger partial charge in [0, 0.05) is 24.7 Å². The van der Waals surface area contributed by atoms with Crippen LogP contribution in [0.1, 0.15) is 54.8 Å². The van der Waals surface area contributed by atoms with E-state index in [0.29, 0.717) is 11.7 Å².